The molecule has 0 unspecified atom stereocenters. The maximum atomic E-state index is 12.8. The lowest BCUT2D eigenvalue weighted by molar-refractivity contribution is 0.102. The largest absolute Gasteiger partial charge is 0.357 e. The molecule has 1 aliphatic heterocycles. The topological polar surface area (TPSA) is 58.1 Å². The highest BCUT2D eigenvalue weighted by Gasteiger charge is 2.16. The molecule has 1 aliphatic rings. The second-order valence-electron chi connectivity index (χ2n) is 4.92. The van der Waals surface area contributed by atoms with Gasteiger partial charge in [-0.2, -0.15) is 0 Å². The number of amides is 1. The van der Waals surface area contributed by atoms with Gasteiger partial charge in [-0.1, -0.05) is 0 Å². The first-order chi connectivity index (χ1) is 10.2. The predicted octanol–water partition coefficient (Wildman–Crippen LogP) is 2.47. The van der Waals surface area contributed by atoms with Crippen molar-refractivity contribution in [2.24, 2.45) is 0 Å². The Morgan fingerprint density at radius 1 is 1.14 bits per heavy atom. The Bertz CT molecular complexity index is 638. The molecule has 1 aromatic carbocycles. The molecule has 0 aliphatic carbocycles. The van der Waals surface area contributed by atoms with E-state index in [1.807, 2.05) is 0 Å². The van der Waals surface area contributed by atoms with E-state index in [0.717, 1.165) is 31.7 Å². The number of nitrogens with zero attached hydrogens (tertiary/aromatic N) is 3. The number of rotatable bonds is 3. The van der Waals surface area contributed by atoms with Crippen LogP contribution >= 0.6 is 0 Å². The maximum Gasteiger partial charge on any atom is 0.274 e. The highest BCUT2D eigenvalue weighted by Crippen LogP contribution is 2.18. The Kier molecular flexibility index (Phi) is 3.77. The number of carbonyl (C=O) groups excluding carboxylic acids is 1. The van der Waals surface area contributed by atoms with Crippen LogP contribution in [0, 0.1) is 5.82 Å². The molecule has 21 heavy (non-hydrogen) atoms. The van der Waals surface area contributed by atoms with Gasteiger partial charge in [0.15, 0.2) is 0 Å². The monoisotopic (exact) mass is 286 g/mol. The molecule has 2 heterocycles. The van der Waals surface area contributed by atoms with Gasteiger partial charge in [0.2, 0.25) is 0 Å². The summed E-state index contributed by atoms with van der Waals surface area (Å²) in [5, 5.41) is 2.69. The molecule has 2 aromatic rings. The lowest BCUT2D eigenvalue weighted by atomic mass is 10.3. The van der Waals surface area contributed by atoms with Gasteiger partial charge in [-0.25, -0.2) is 14.4 Å². The summed E-state index contributed by atoms with van der Waals surface area (Å²) < 4.78 is 12.8. The van der Waals surface area contributed by atoms with Crippen molar-refractivity contribution < 1.29 is 9.18 Å². The molecular weight excluding hydrogens is 271 g/mol. The van der Waals surface area contributed by atoms with Crippen molar-refractivity contribution in [3.8, 4) is 0 Å². The van der Waals surface area contributed by atoms with Crippen molar-refractivity contribution in [3.05, 3.63) is 48.2 Å². The van der Waals surface area contributed by atoms with Crippen LogP contribution in [0.5, 0.6) is 0 Å². The molecule has 1 saturated heterocycles. The van der Waals surface area contributed by atoms with Gasteiger partial charge in [0, 0.05) is 24.8 Å². The lowest BCUT2D eigenvalue weighted by Gasteiger charge is -2.16. The molecule has 1 amide bonds. The number of hydrogen-bond donors (Lipinski definition) is 1. The Morgan fingerprint density at radius 3 is 2.57 bits per heavy atom. The summed E-state index contributed by atoms with van der Waals surface area (Å²) >= 11 is 0. The van der Waals surface area contributed by atoms with Crippen LogP contribution in [0.3, 0.4) is 0 Å². The minimum absolute atomic E-state index is 0.302. The Balaban J connectivity index is 1.74. The molecule has 0 bridgehead atoms. The molecule has 0 saturated carbocycles. The van der Waals surface area contributed by atoms with E-state index in [1.165, 1.54) is 30.6 Å². The number of nitrogens with one attached hydrogen (secondary N) is 1. The zero-order valence-corrected chi connectivity index (χ0v) is 11.4. The fourth-order valence-electron chi connectivity index (χ4n) is 2.32. The molecule has 5 nitrogen and oxygen atoms in total. The Morgan fingerprint density at radius 2 is 1.86 bits per heavy atom. The van der Waals surface area contributed by atoms with Crippen LogP contribution in [-0.2, 0) is 0 Å². The summed E-state index contributed by atoms with van der Waals surface area (Å²) in [5.41, 5.74) is 0.832. The van der Waals surface area contributed by atoms with Crippen LogP contribution in [0.15, 0.2) is 36.7 Å². The van der Waals surface area contributed by atoms with E-state index >= 15 is 0 Å². The van der Waals surface area contributed by atoms with Gasteiger partial charge in [-0.3, -0.25) is 4.79 Å². The summed E-state index contributed by atoms with van der Waals surface area (Å²) in [6, 6.07) is 7.30. The highest BCUT2D eigenvalue weighted by molar-refractivity contribution is 6.03. The average molecular weight is 286 g/mol. The zero-order valence-electron chi connectivity index (χ0n) is 11.4. The van der Waals surface area contributed by atoms with Crippen molar-refractivity contribution >= 4 is 17.4 Å². The number of aromatic nitrogens is 2. The van der Waals surface area contributed by atoms with Gasteiger partial charge in [-0.15, -0.1) is 0 Å². The first kappa shape index (κ1) is 13.5. The summed E-state index contributed by atoms with van der Waals surface area (Å²) in [6.45, 7) is 1.91. The third-order valence-corrected chi connectivity index (χ3v) is 3.42. The minimum Gasteiger partial charge on any atom is -0.357 e. The molecule has 1 N–H and O–H groups in total. The second kappa shape index (κ2) is 5.87. The highest BCUT2D eigenvalue weighted by atomic mass is 19.1. The van der Waals surface area contributed by atoms with Crippen molar-refractivity contribution in [2.75, 3.05) is 23.3 Å². The van der Waals surface area contributed by atoms with Gasteiger partial charge in [0.25, 0.3) is 5.91 Å². The standard InChI is InChI=1S/C15H15FN4O/c16-11-3-5-12(6-4-11)19-15(21)13-9-14(18-10-17-13)20-7-1-2-8-20/h3-6,9-10H,1-2,7-8H2,(H,19,21). The maximum absolute atomic E-state index is 12.8. The SMILES string of the molecule is O=C(Nc1ccc(F)cc1)c1cc(N2CCCC2)ncn1. The quantitative estimate of drug-likeness (QED) is 0.941. The summed E-state index contributed by atoms with van der Waals surface area (Å²) in [5.74, 6) is 0.0996. The van der Waals surface area contributed by atoms with Gasteiger partial charge < -0.3 is 10.2 Å². The number of hydrogen-bond acceptors (Lipinski definition) is 4. The predicted molar refractivity (Wildman–Crippen MR) is 77.8 cm³/mol. The fraction of sp³-hybridized carbons (Fsp3) is 0.267. The van der Waals surface area contributed by atoms with Gasteiger partial charge in [-0.05, 0) is 37.1 Å². The molecule has 0 radical (unpaired) electrons. The minimum atomic E-state index is -0.341. The van der Waals surface area contributed by atoms with Crippen molar-refractivity contribution in [3.63, 3.8) is 0 Å². The molecule has 3 rings (SSSR count). The molecule has 108 valence electrons. The lowest BCUT2D eigenvalue weighted by Crippen LogP contribution is -2.21. The van der Waals surface area contributed by atoms with E-state index in [4.69, 9.17) is 0 Å². The van der Waals surface area contributed by atoms with Crippen molar-refractivity contribution in [2.45, 2.75) is 12.8 Å². The van der Waals surface area contributed by atoms with E-state index in [-0.39, 0.29) is 11.7 Å². The van der Waals surface area contributed by atoms with E-state index < -0.39 is 0 Å². The van der Waals surface area contributed by atoms with Crippen molar-refractivity contribution in [1.29, 1.82) is 0 Å². The van der Waals surface area contributed by atoms with E-state index in [9.17, 15) is 9.18 Å². The van der Waals surface area contributed by atoms with Crippen molar-refractivity contribution in [1.82, 2.24) is 9.97 Å². The first-order valence-corrected chi connectivity index (χ1v) is 6.86. The number of carbonyl (C=O) groups is 1. The van der Waals surface area contributed by atoms with Gasteiger partial charge >= 0.3 is 0 Å². The number of halogens is 1. The summed E-state index contributed by atoms with van der Waals surface area (Å²) in [6.07, 6.45) is 3.68. The smallest absolute Gasteiger partial charge is 0.274 e. The molecular formula is C15H15FN4O. The Hall–Kier alpha value is -2.50. The molecule has 1 aromatic heterocycles. The zero-order chi connectivity index (χ0) is 14.7. The normalized spacial score (nSPS) is 14.2. The van der Waals surface area contributed by atoms with E-state index in [0.29, 0.717) is 11.4 Å². The van der Waals surface area contributed by atoms with Crippen LogP contribution in [0.1, 0.15) is 23.3 Å². The average Bonchev–Trinajstić information content (AvgIpc) is 3.04. The van der Waals surface area contributed by atoms with Crippen LogP contribution in [-0.4, -0.2) is 29.0 Å². The number of benzene rings is 1. The summed E-state index contributed by atoms with van der Waals surface area (Å²) in [7, 11) is 0. The number of anilines is 2. The van der Waals surface area contributed by atoms with Crippen LogP contribution in [0.2, 0.25) is 0 Å². The van der Waals surface area contributed by atoms with E-state index in [2.05, 4.69) is 20.2 Å². The molecule has 0 atom stereocenters. The van der Waals surface area contributed by atoms with E-state index in [1.54, 1.807) is 6.07 Å². The summed E-state index contributed by atoms with van der Waals surface area (Å²) in [4.78, 5) is 22.5. The Labute approximate surface area is 121 Å². The first-order valence-electron chi connectivity index (χ1n) is 6.86. The third-order valence-electron chi connectivity index (χ3n) is 3.42. The fourth-order valence-corrected chi connectivity index (χ4v) is 2.32. The van der Waals surface area contributed by atoms with Crippen LogP contribution in [0.25, 0.3) is 0 Å². The third kappa shape index (κ3) is 3.16. The molecule has 0 spiro atoms. The molecule has 6 heteroatoms. The second-order valence-corrected chi connectivity index (χ2v) is 4.92. The van der Waals surface area contributed by atoms with Crippen LogP contribution < -0.4 is 10.2 Å². The van der Waals surface area contributed by atoms with Gasteiger partial charge in [0.05, 0.1) is 0 Å². The molecule has 1 fully saturated rings. The van der Waals surface area contributed by atoms with Crippen LogP contribution in [0.4, 0.5) is 15.9 Å². The van der Waals surface area contributed by atoms with Gasteiger partial charge in [0.1, 0.15) is 23.7 Å².